The average molecular weight is 385 g/mol. The first kappa shape index (κ1) is 17.6. The van der Waals surface area contributed by atoms with Gasteiger partial charge >= 0.3 is 6.03 Å². The molecule has 0 saturated carbocycles. The number of amidine groups is 1. The highest BCUT2D eigenvalue weighted by Crippen LogP contribution is 2.31. The number of rotatable bonds is 2. The second-order valence-corrected chi connectivity index (χ2v) is 7.61. The van der Waals surface area contributed by atoms with Crippen molar-refractivity contribution >= 4 is 39.8 Å². The molecule has 0 spiro atoms. The molecule has 1 N–H and O–H groups in total. The maximum absolute atomic E-state index is 12.5. The molecular weight excluding hydrogens is 366 g/mol. The Bertz CT molecular complexity index is 1030. The third-order valence-electron chi connectivity index (χ3n) is 5.01. The molecule has 9 heteroatoms. The molecule has 2 unspecified atom stereocenters. The molecule has 2 aromatic rings. The van der Waals surface area contributed by atoms with Crippen LogP contribution in [0.4, 0.5) is 4.79 Å². The lowest BCUT2D eigenvalue weighted by Gasteiger charge is -2.38. The predicted molar refractivity (Wildman–Crippen MR) is 105 cm³/mol. The summed E-state index contributed by atoms with van der Waals surface area (Å²) in [6, 6.07) is 8.36. The Morgan fingerprint density at radius 3 is 2.63 bits per heavy atom. The van der Waals surface area contributed by atoms with E-state index in [0.29, 0.717) is 10.9 Å². The van der Waals surface area contributed by atoms with E-state index < -0.39 is 12.2 Å². The molecular formula is C18H19N5O3S. The van der Waals surface area contributed by atoms with Gasteiger partial charge in [0.25, 0.3) is 5.91 Å². The van der Waals surface area contributed by atoms with E-state index in [1.54, 1.807) is 13.1 Å². The number of aromatic nitrogens is 1. The van der Waals surface area contributed by atoms with Gasteiger partial charge in [-0.1, -0.05) is 30.0 Å². The number of aliphatic imine (C=N–C) groups is 1. The van der Waals surface area contributed by atoms with Crippen LogP contribution in [0.5, 0.6) is 0 Å². The Kier molecular flexibility index (Phi) is 4.18. The molecule has 1 saturated heterocycles. The number of urea groups is 1. The molecule has 0 radical (unpaired) electrons. The highest BCUT2D eigenvalue weighted by molar-refractivity contribution is 8.13. The van der Waals surface area contributed by atoms with E-state index in [9.17, 15) is 14.4 Å². The van der Waals surface area contributed by atoms with Crippen molar-refractivity contribution in [2.24, 2.45) is 4.99 Å². The van der Waals surface area contributed by atoms with E-state index >= 15 is 0 Å². The number of para-hydroxylation sites is 1. The van der Waals surface area contributed by atoms with Crippen LogP contribution in [0.15, 0.2) is 40.1 Å². The first-order valence-electron chi connectivity index (χ1n) is 8.47. The molecule has 1 aromatic carbocycles. The predicted octanol–water partition coefficient (Wildman–Crippen LogP) is 1.28. The summed E-state index contributed by atoms with van der Waals surface area (Å²) in [5, 5.41) is 1.66. The normalized spacial score (nSPS) is 22.5. The van der Waals surface area contributed by atoms with Crippen molar-refractivity contribution in [1.29, 1.82) is 0 Å². The number of aromatic amines is 1. The van der Waals surface area contributed by atoms with E-state index in [0.717, 1.165) is 21.4 Å². The molecule has 2 aliphatic heterocycles. The topological polar surface area (TPSA) is 89.1 Å². The highest BCUT2D eigenvalue weighted by atomic mass is 32.2. The van der Waals surface area contributed by atoms with Crippen LogP contribution in [0, 0.1) is 0 Å². The van der Waals surface area contributed by atoms with Crippen molar-refractivity contribution in [1.82, 2.24) is 19.7 Å². The molecule has 3 heterocycles. The van der Waals surface area contributed by atoms with Gasteiger partial charge < -0.3 is 14.8 Å². The lowest BCUT2D eigenvalue weighted by molar-refractivity contribution is -0.135. The standard InChI is InChI=1S/C18H19N5O3S/c1-21-14-15(22(2)18(26)23(3)16(14)25)20-17(21)27-9-10-8-13(24)19-12-7-5-4-6-11(10)12/h4-8,14-15H,9H2,1-3H3,(H,19,24). The second-order valence-electron chi connectivity index (χ2n) is 6.66. The minimum Gasteiger partial charge on any atom is -0.339 e. The Hall–Kier alpha value is -2.81. The second kappa shape index (κ2) is 6.41. The van der Waals surface area contributed by atoms with Crippen molar-refractivity contribution in [3.63, 3.8) is 0 Å². The Morgan fingerprint density at radius 1 is 1.11 bits per heavy atom. The van der Waals surface area contributed by atoms with Crippen LogP contribution < -0.4 is 5.56 Å². The van der Waals surface area contributed by atoms with Crippen molar-refractivity contribution < 1.29 is 9.59 Å². The summed E-state index contributed by atoms with van der Waals surface area (Å²) in [6.45, 7) is 0. The van der Waals surface area contributed by atoms with Crippen molar-refractivity contribution in [3.05, 3.63) is 46.2 Å². The first-order valence-corrected chi connectivity index (χ1v) is 9.46. The number of imide groups is 1. The lowest BCUT2D eigenvalue weighted by Crippen LogP contribution is -2.63. The third kappa shape index (κ3) is 2.78. The van der Waals surface area contributed by atoms with Crippen LogP contribution in [0.2, 0.25) is 0 Å². The zero-order valence-corrected chi connectivity index (χ0v) is 16.0. The minimum absolute atomic E-state index is 0.151. The number of fused-ring (bicyclic) bond motifs is 2. The number of nitrogens with one attached hydrogen (secondary N) is 1. The van der Waals surface area contributed by atoms with Gasteiger partial charge in [-0.25, -0.2) is 9.79 Å². The fraction of sp³-hybridized carbons (Fsp3) is 0.333. The summed E-state index contributed by atoms with van der Waals surface area (Å²) in [5.74, 6) is 0.279. The van der Waals surface area contributed by atoms with Gasteiger partial charge in [0.15, 0.2) is 17.4 Å². The molecule has 27 heavy (non-hydrogen) atoms. The zero-order chi connectivity index (χ0) is 19.3. The number of benzene rings is 1. The Morgan fingerprint density at radius 2 is 1.85 bits per heavy atom. The van der Waals surface area contributed by atoms with Crippen molar-refractivity contribution in [2.75, 3.05) is 21.1 Å². The van der Waals surface area contributed by atoms with Gasteiger partial charge in [0.05, 0.1) is 0 Å². The summed E-state index contributed by atoms with van der Waals surface area (Å²) in [7, 11) is 4.94. The molecule has 4 rings (SSSR count). The van der Waals surface area contributed by atoms with E-state index in [-0.39, 0.29) is 17.5 Å². The van der Waals surface area contributed by atoms with E-state index in [4.69, 9.17) is 0 Å². The monoisotopic (exact) mass is 385 g/mol. The van der Waals surface area contributed by atoms with Gasteiger partial charge in [0, 0.05) is 43.9 Å². The summed E-state index contributed by atoms with van der Waals surface area (Å²) in [6.07, 6.45) is -0.523. The smallest absolute Gasteiger partial charge is 0.328 e. The van der Waals surface area contributed by atoms with Crippen molar-refractivity contribution in [2.45, 2.75) is 18.0 Å². The van der Waals surface area contributed by atoms with E-state index in [1.807, 2.05) is 36.2 Å². The van der Waals surface area contributed by atoms with Gasteiger partial charge in [0.2, 0.25) is 5.56 Å². The number of carbonyl (C=O) groups excluding carboxylic acids is 2. The Balaban J connectivity index is 1.60. The quantitative estimate of drug-likeness (QED) is 0.841. The van der Waals surface area contributed by atoms with E-state index in [1.165, 1.54) is 23.7 Å². The van der Waals surface area contributed by atoms with Crippen LogP contribution >= 0.6 is 11.8 Å². The molecule has 1 fully saturated rings. The van der Waals surface area contributed by atoms with Crippen LogP contribution in [0.3, 0.4) is 0 Å². The summed E-state index contributed by atoms with van der Waals surface area (Å²) >= 11 is 1.46. The number of thioether (sulfide) groups is 1. The fourth-order valence-electron chi connectivity index (χ4n) is 3.51. The summed E-state index contributed by atoms with van der Waals surface area (Å²) < 4.78 is 0. The summed E-state index contributed by atoms with van der Waals surface area (Å²) in [5.41, 5.74) is 1.54. The van der Waals surface area contributed by atoms with Gasteiger partial charge in [-0.15, -0.1) is 0 Å². The molecule has 0 aliphatic carbocycles. The lowest BCUT2D eigenvalue weighted by atomic mass is 10.1. The largest absolute Gasteiger partial charge is 0.339 e. The Labute approximate surface area is 159 Å². The minimum atomic E-state index is -0.523. The molecule has 1 aromatic heterocycles. The van der Waals surface area contributed by atoms with Gasteiger partial charge in [0.1, 0.15) is 0 Å². The molecule has 8 nitrogen and oxygen atoms in total. The number of hydrogen-bond acceptors (Lipinski definition) is 6. The maximum atomic E-state index is 12.5. The molecule has 2 atom stereocenters. The van der Waals surface area contributed by atoms with Gasteiger partial charge in [-0.05, 0) is 11.6 Å². The third-order valence-corrected chi connectivity index (χ3v) is 6.11. The van der Waals surface area contributed by atoms with Crippen LogP contribution in [-0.2, 0) is 10.5 Å². The summed E-state index contributed by atoms with van der Waals surface area (Å²) in [4.78, 5) is 48.5. The van der Waals surface area contributed by atoms with Crippen LogP contribution in [0.1, 0.15) is 5.56 Å². The van der Waals surface area contributed by atoms with Crippen LogP contribution in [-0.4, -0.2) is 70.1 Å². The van der Waals surface area contributed by atoms with Gasteiger partial charge in [-0.3, -0.25) is 14.5 Å². The fourth-order valence-corrected chi connectivity index (χ4v) is 4.53. The SMILES string of the molecule is CN1C(=O)C2C(N=C(SCc3cc(=O)[nH]c4ccccc34)N2C)N(C)C1=O. The highest BCUT2D eigenvalue weighted by Gasteiger charge is 2.49. The molecule has 0 bridgehead atoms. The molecule has 3 amide bonds. The molecule has 2 aliphatic rings. The number of amides is 3. The average Bonchev–Trinajstić information content (AvgIpc) is 2.99. The van der Waals surface area contributed by atoms with E-state index in [2.05, 4.69) is 9.98 Å². The van der Waals surface area contributed by atoms with Crippen molar-refractivity contribution in [3.8, 4) is 0 Å². The number of pyridine rings is 1. The van der Waals surface area contributed by atoms with Crippen LogP contribution in [0.25, 0.3) is 10.9 Å². The number of carbonyl (C=O) groups is 2. The maximum Gasteiger partial charge on any atom is 0.328 e. The number of nitrogens with zero attached hydrogens (tertiary/aromatic N) is 4. The zero-order valence-electron chi connectivity index (χ0n) is 15.2. The number of likely N-dealkylation sites (N-methyl/N-ethyl adjacent to an activating group) is 3. The number of hydrogen-bond donors (Lipinski definition) is 1. The van der Waals surface area contributed by atoms with Gasteiger partial charge in [-0.2, -0.15) is 0 Å². The number of H-pyrrole nitrogens is 1. The molecule has 140 valence electrons. The first-order chi connectivity index (χ1) is 12.9.